The van der Waals surface area contributed by atoms with Gasteiger partial charge in [-0.05, 0) is 37.2 Å². The summed E-state index contributed by atoms with van der Waals surface area (Å²) in [5, 5.41) is 0. The number of carbonyl (C=O) groups is 3. The Balaban J connectivity index is 1.19. The van der Waals surface area contributed by atoms with E-state index in [1.165, 1.54) is 0 Å². The normalized spacial score (nSPS) is 21.4. The minimum atomic E-state index is -0.306. The molecule has 1 aromatic rings. The lowest BCUT2D eigenvalue weighted by molar-refractivity contribution is -0.161. The molecule has 1 aromatic carbocycles. The Hall–Kier alpha value is -2.61. The number of hydrogen-bond acceptors (Lipinski definition) is 5. The molecule has 0 radical (unpaired) electrons. The van der Waals surface area contributed by atoms with Gasteiger partial charge in [-0.2, -0.15) is 0 Å². The molecule has 174 valence electrons. The fourth-order valence-electron chi connectivity index (χ4n) is 4.90. The molecule has 0 bridgehead atoms. The van der Waals surface area contributed by atoms with E-state index in [1.807, 2.05) is 35.2 Å². The van der Waals surface area contributed by atoms with Crippen molar-refractivity contribution in [2.75, 3.05) is 45.9 Å². The molecule has 0 N–H and O–H groups in total. The summed E-state index contributed by atoms with van der Waals surface area (Å²) in [6.07, 6.45) is 4.31. The van der Waals surface area contributed by atoms with Crippen LogP contribution >= 0.6 is 0 Å². The first-order valence-electron chi connectivity index (χ1n) is 11.6. The number of amides is 3. The monoisotopic (exact) mass is 443 g/mol. The van der Waals surface area contributed by atoms with Gasteiger partial charge in [0, 0.05) is 45.7 Å². The van der Waals surface area contributed by atoms with E-state index in [4.69, 9.17) is 9.47 Å². The summed E-state index contributed by atoms with van der Waals surface area (Å²) in [6.45, 7) is 4.70. The van der Waals surface area contributed by atoms with Crippen molar-refractivity contribution in [2.45, 2.75) is 44.3 Å². The highest BCUT2D eigenvalue weighted by Crippen LogP contribution is 2.31. The molecule has 4 rings (SSSR count). The maximum absolute atomic E-state index is 13.0. The second kappa shape index (κ2) is 10.3. The van der Waals surface area contributed by atoms with Crippen LogP contribution in [0.1, 0.15) is 37.7 Å². The number of ether oxygens (including phenoxy) is 2. The Morgan fingerprint density at radius 1 is 1.03 bits per heavy atom. The average molecular weight is 444 g/mol. The minimum absolute atomic E-state index is 0.176. The van der Waals surface area contributed by atoms with Crippen LogP contribution in [0, 0.1) is 5.92 Å². The van der Waals surface area contributed by atoms with E-state index in [0.717, 1.165) is 37.7 Å². The van der Waals surface area contributed by atoms with Gasteiger partial charge in [-0.15, -0.1) is 0 Å². The van der Waals surface area contributed by atoms with Crippen LogP contribution in [0.2, 0.25) is 0 Å². The minimum Gasteiger partial charge on any atom is -0.445 e. The van der Waals surface area contributed by atoms with Crippen molar-refractivity contribution in [1.29, 1.82) is 0 Å². The van der Waals surface area contributed by atoms with Crippen molar-refractivity contribution < 1.29 is 23.9 Å². The van der Waals surface area contributed by atoms with Gasteiger partial charge in [0.1, 0.15) is 6.61 Å². The lowest BCUT2D eigenvalue weighted by Gasteiger charge is -2.47. The van der Waals surface area contributed by atoms with E-state index in [9.17, 15) is 14.4 Å². The first-order valence-corrected chi connectivity index (χ1v) is 11.6. The molecule has 3 fully saturated rings. The lowest BCUT2D eigenvalue weighted by atomic mass is 9.88. The molecule has 8 heteroatoms. The van der Waals surface area contributed by atoms with Gasteiger partial charge in [0.25, 0.3) is 0 Å². The van der Waals surface area contributed by atoms with Gasteiger partial charge in [-0.1, -0.05) is 30.3 Å². The van der Waals surface area contributed by atoms with Crippen molar-refractivity contribution in [1.82, 2.24) is 14.7 Å². The second-order valence-corrected chi connectivity index (χ2v) is 9.16. The number of carbonyl (C=O) groups excluding carboxylic acids is 3. The molecule has 3 saturated heterocycles. The Morgan fingerprint density at radius 3 is 2.44 bits per heavy atom. The van der Waals surface area contributed by atoms with Crippen LogP contribution in [0.4, 0.5) is 4.79 Å². The van der Waals surface area contributed by atoms with E-state index in [1.54, 1.807) is 9.80 Å². The number of hydrogen-bond donors (Lipinski definition) is 0. The molecule has 0 atom stereocenters. The van der Waals surface area contributed by atoms with Crippen molar-refractivity contribution in [3.05, 3.63) is 35.9 Å². The highest BCUT2D eigenvalue weighted by molar-refractivity contribution is 5.76. The molecule has 0 saturated carbocycles. The zero-order valence-corrected chi connectivity index (χ0v) is 18.6. The summed E-state index contributed by atoms with van der Waals surface area (Å²) in [7, 11) is 0. The van der Waals surface area contributed by atoms with Crippen LogP contribution in [-0.4, -0.2) is 84.6 Å². The Morgan fingerprint density at radius 2 is 1.75 bits per heavy atom. The molecule has 3 aliphatic heterocycles. The zero-order chi connectivity index (χ0) is 22.4. The highest BCUT2D eigenvalue weighted by Gasteiger charge is 2.41. The summed E-state index contributed by atoms with van der Waals surface area (Å²) in [6, 6.07) is 9.66. The number of rotatable bonds is 5. The summed E-state index contributed by atoms with van der Waals surface area (Å²) >= 11 is 0. The molecular weight excluding hydrogens is 410 g/mol. The summed E-state index contributed by atoms with van der Waals surface area (Å²) in [5.41, 5.74) is 0.667. The maximum Gasteiger partial charge on any atom is 0.410 e. The smallest absolute Gasteiger partial charge is 0.410 e. The van der Waals surface area contributed by atoms with E-state index in [-0.39, 0.29) is 30.1 Å². The van der Waals surface area contributed by atoms with Gasteiger partial charge in [-0.25, -0.2) is 4.79 Å². The summed E-state index contributed by atoms with van der Waals surface area (Å²) in [4.78, 5) is 41.8. The van der Waals surface area contributed by atoms with E-state index in [0.29, 0.717) is 52.3 Å². The summed E-state index contributed by atoms with van der Waals surface area (Å²) < 4.78 is 11.5. The van der Waals surface area contributed by atoms with Crippen molar-refractivity contribution in [3.8, 4) is 0 Å². The fourth-order valence-corrected chi connectivity index (χ4v) is 4.90. The Kier molecular flexibility index (Phi) is 7.29. The molecule has 8 nitrogen and oxygen atoms in total. The number of likely N-dealkylation sites (tertiary alicyclic amines) is 2. The molecule has 0 aromatic heterocycles. The van der Waals surface area contributed by atoms with Crippen LogP contribution in [0.25, 0.3) is 0 Å². The largest absolute Gasteiger partial charge is 0.445 e. The maximum atomic E-state index is 13.0. The van der Waals surface area contributed by atoms with Crippen LogP contribution in [0.3, 0.4) is 0 Å². The predicted octanol–water partition coefficient (Wildman–Crippen LogP) is 2.28. The third kappa shape index (κ3) is 5.59. The molecule has 1 spiro atoms. The highest BCUT2D eigenvalue weighted by atomic mass is 16.6. The van der Waals surface area contributed by atoms with E-state index < -0.39 is 0 Å². The lowest BCUT2D eigenvalue weighted by Crippen LogP contribution is -2.58. The fraction of sp³-hybridized carbons (Fsp3) is 0.625. The third-order valence-electron chi connectivity index (χ3n) is 7.00. The Labute approximate surface area is 189 Å². The van der Waals surface area contributed by atoms with Crippen molar-refractivity contribution >= 4 is 18.4 Å². The molecule has 3 heterocycles. The van der Waals surface area contributed by atoms with E-state index >= 15 is 0 Å². The Bertz CT molecular complexity index is 786. The first-order chi connectivity index (χ1) is 15.6. The quantitative estimate of drug-likeness (QED) is 0.653. The first kappa shape index (κ1) is 22.6. The molecule has 3 aliphatic rings. The zero-order valence-electron chi connectivity index (χ0n) is 18.6. The average Bonchev–Trinajstić information content (AvgIpc) is 2.84. The molecule has 3 amide bonds. The number of nitrogens with zero attached hydrogens (tertiary/aromatic N) is 3. The third-order valence-corrected chi connectivity index (χ3v) is 7.00. The molecule has 0 unspecified atom stereocenters. The number of piperidine rings is 2. The van der Waals surface area contributed by atoms with Gasteiger partial charge in [0.15, 0.2) is 0 Å². The van der Waals surface area contributed by atoms with Gasteiger partial charge in [-0.3, -0.25) is 9.59 Å². The summed E-state index contributed by atoms with van der Waals surface area (Å²) in [5.74, 6) is 0.465. The van der Waals surface area contributed by atoms with Crippen LogP contribution in [0.15, 0.2) is 30.3 Å². The predicted molar refractivity (Wildman–Crippen MR) is 118 cm³/mol. The molecule has 32 heavy (non-hydrogen) atoms. The molecular formula is C24H33N3O5. The number of benzene rings is 1. The standard InChI is InChI=1S/C24H33N3O5/c28-19-25-12-8-24(9-13-25)18-27(14-15-32-24)22(29)16-20-6-10-26(11-7-20)23(30)31-17-21-4-2-1-3-5-21/h1-5,19-20H,6-18H2. The van der Waals surface area contributed by atoms with Crippen molar-refractivity contribution in [2.24, 2.45) is 5.92 Å². The van der Waals surface area contributed by atoms with Gasteiger partial charge in [0.05, 0.1) is 12.2 Å². The van der Waals surface area contributed by atoms with E-state index in [2.05, 4.69) is 0 Å². The molecule has 0 aliphatic carbocycles. The van der Waals surface area contributed by atoms with Crippen LogP contribution in [-0.2, 0) is 25.7 Å². The van der Waals surface area contributed by atoms with Crippen molar-refractivity contribution in [3.63, 3.8) is 0 Å². The topological polar surface area (TPSA) is 79.4 Å². The van der Waals surface area contributed by atoms with Gasteiger partial charge in [0.2, 0.25) is 12.3 Å². The van der Waals surface area contributed by atoms with Gasteiger partial charge >= 0.3 is 6.09 Å². The van der Waals surface area contributed by atoms with Crippen LogP contribution in [0.5, 0.6) is 0 Å². The SMILES string of the molecule is O=CN1CCC2(CC1)CN(C(=O)CC1CCN(C(=O)OCc3ccccc3)CC1)CCO2. The number of morpholine rings is 1. The van der Waals surface area contributed by atoms with Gasteiger partial charge < -0.3 is 24.2 Å². The second-order valence-electron chi connectivity index (χ2n) is 9.16. The van der Waals surface area contributed by atoms with Crippen LogP contribution < -0.4 is 0 Å².